The highest BCUT2D eigenvalue weighted by molar-refractivity contribution is 7.09. The van der Waals surface area contributed by atoms with Crippen LogP contribution in [0, 0.1) is 30.1 Å². The van der Waals surface area contributed by atoms with Crippen molar-refractivity contribution in [3.05, 3.63) is 33.8 Å². The Morgan fingerprint density at radius 2 is 1.85 bits per heavy atom. The summed E-state index contributed by atoms with van der Waals surface area (Å²) in [7, 11) is 0. The normalized spacial score (nSPS) is 33.4. The molecule has 0 amide bonds. The van der Waals surface area contributed by atoms with Crippen LogP contribution >= 0.6 is 11.3 Å². The molecule has 1 aliphatic heterocycles. The van der Waals surface area contributed by atoms with Gasteiger partial charge in [-0.2, -0.15) is 0 Å². The van der Waals surface area contributed by atoms with Gasteiger partial charge in [-0.25, -0.2) is 4.98 Å². The van der Waals surface area contributed by atoms with Crippen molar-refractivity contribution in [2.45, 2.75) is 92.5 Å². The summed E-state index contributed by atoms with van der Waals surface area (Å²) < 4.78 is 5.86. The maximum atomic E-state index is 13.3. The molecule has 0 aromatic carbocycles. The van der Waals surface area contributed by atoms with Crippen LogP contribution in [-0.2, 0) is 14.3 Å². The lowest BCUT2D eigenvalue weighted by molar-refractivity contribution is -0.161. The van der Waals surface area contributed by atoms with Crippen LogP contribution in [0.25, 0.3) is 6.08 Å². The van der Waals surface area contributed by atoms with E-state index in [1.807, 2.05) is 38.3 Å². The number of ether oxygens (including phenoxy) is 1. The Bertz CT molecular complexity index is 903. The third kappa shape index (κ3) is 7.09. The molecular formula is C27H41NO5S. The molecule has 0 saturated carbocycles. The number of allylic oxidation sites excluding steroid dienone is 1. The number of hydrogen-bond donors (Lipinski definition) is 2. The fraction of sp³-hybridized carbons (Fsp3) is 0.667. The minimum Gasteiger partial charge on any atom is -0.457 e. The molecule has 0 fully saturated rings. The number of ketones is 1. The van der Waals surface area contributed by atoms with Crippen molar-refractivity contribution in [2.24, 2.45) is 23.2 Å². The zero-order chi connectivity index (χ0) is 25.6. The van der Waals surface area contributed by atoms with E-state index in [0.717, 1.165) is 35.5 Å². The van der Waals surface area contributed by atoms with Crippen LogP contribution in [0.1, 0.15) is 77.9 Å². The molecule has 2 heterocycles. The molecular weight excluding hydrogens is 450 g/mol. The van der Waals surface area contributed by atoms with Crippen LogP contribution in [0.15, 0.2) is 23.1 Å². The zero-order valence-electron chi connectivity index (χ0n) is 21.6. The molecule has 2 unspecified atom stereocenters. The number of aryl methyl sites for hydroxylation is 1. The fourth-order valence-electron chi connectivity index (χ4n) is 4.55. The number of aliphatic hydroxyl groups excluding tert-OH is 2. The van der Waals surface area contributed by atoms with Gasteiger partial charge in [-0.3, -0.25) is 9.59 Å². The quantitative estimate of drug-likeness (QED) is 0.440. The van der Waals surface area contributed by atoms with E-state index >= 15 is 0 Å². The molecule has 7 heteroatoms. The molecule has 0 spiro atoms. The average Bonchev–Trinajstić information content (AvgIpc) is 3.20. The molecule has 6 atom stereocenters. The first kappa shape index (κ1) is 28.4. The Labute approximate surface area is 208 Å². The third-order valence-electron chi connectivity index (χ3n) is 7.05. The van der Waals surface area contributed by atoms with Gasteiger partial charge in [-0.05, 0) is 57.6 Å². The third-order valence-corrected chi connectivity index (χ3v) is 7.85. The Morgan fingerprint density at radius 3 is 2.47 bits per heavy atom. The van der Waals surface area contributed by atoms with Crippen molar-refractivity contribution in [3.8, 4) is 0 Å². The van der Waals surface area contributed by atoms with Gasteiger partial charge in [0.25, 0.3) is 0 Å². The minimum atomic E-state index is -1.24. The SMILES string of the molecule is C/C(=C\c1csc(C)n1)[C@@H]1C/C=C\CCC[C@H](C)[C@H](O)[C@@H](C)C(=O)C(C)(C)C(O)C(C)C(=O)O1. The second kappa shape index (κ2) is 12.2. The Balaban J connectivity index is 2.34. The second-order valence-corrected chi connectivity index (χ2v) is 11.4. The highest BCUT2D eigenvalue weighted by atomic mass is 32.1. The molecule has 0 bridgehead atoms. The number of esters is 1. The summed E-state index contributed by atoms with van der Waals surface area (Å²) in [6.07, 6.45) is 6.51. The lowest BCUT2D eigenvalue weighted by atomic mass is 9.71. The second-order valence-electron chi connectivity index (χ2n) is 10.3. The fourth-order valence-corrected chi connectivity index (χ4v) is 5.12. The number of carbonyl (C=O) groups is 2. The van der Waals surface area contributed by atoms with Crippen molar-refractivity contribution in [2.75, 3.05) is 0 Å². The standard InChI is InChI=1S/C27H41NO5S/c1-16-12-10-8-9-11-13-22(17(2)14-21-15-34-20(5)28-21)33-26(32)19(4)25(31)27(6,7)24(30)18(3)23(16)29/h9,11,14-16,18-19,22-23,25,29,31H,8,10,12-13H2,1-7H3/b11-9-,17-14+/t16-,18+,19?,22-,23-,25?/m0/s1. The first-order valence-electron chi connectivity index (χ1n) is 12.2. The van der Waals surface area contributed by atoms with Gasteiger partial charge in [0.15, 0.2) is 0 Å². The Kier molecular flexibility index (Phi) is 10.2. The minimum absolute atomic E-state index is 0.0462. The van der Waals surface area contributed by atoms with E-state index in [4.69, 9.17) is 4.74 Å². The highest BCUT2D eigenvalue weighted by Gasteiger charge is 2.45. The summed E-state index contributed by atoms with van der Waals surface area (Å²) >= 11 is 1.56. The van der Waals surface area contributed by atoms with Gasteiger partial charge in [0.05, 0.1) is 34.2 Å². The lowest BCUT2D eigenvalue weighted by Crippen LogP contribution is -2.49. The molecule has 0 radical (unpaired) electrons. The molecule has 1 aliphatic rings. The summed E-state index contributed by atoms with van der Waals surface area (Å²) in [6.45, 7) is 12.4. The number of aromatic nitrogens is 1. The van der Waals surface area contributed by atoms with E-state index < -0.39 is 41.5 Å². The molecule has 2 rings (SSSR count). The zero-order valence-corrected chi connectivity index (χ0v) is 22.4. The van der Waals surface area contributed by atoms with E-state index in [-0.39, 0.29) is 11.7 Å². The van der Waals surface area contributed by atoms with Crippen molar-refractivity contribution in [3.63, 3.8) is 0 Å². The van der Waals surface area contributed by atoms with Crippen LogP contribution in [-0.4, -0.2) is 45.3 Å². The van der Waals surface area contributed by atoms with Gasteiger partial charge < -0.3 is 14.9 Å². The van der Waals surface area contributed by atoms with Crippen LogP contribution in [0.5, 0.6) is 0 Å². The molecule has 190 valence electrons. The van der Waals surface area contributed by atoms with Crippen LogP contribution in [0.2, 0.25) is 0 Å². The number of cyclic esters (lactones) is 1. The van der Waals surface area contributed by atoms with Crippen molar-refractivity contribution in [1.82, 2.24) is 4.98 Å². The van der Waals surface area contributed by atoms with Gasteiger partial charge in [-0.1, -0.05) is 39.8 Å². The number of Topliss-reactive ketones (excluding diaryl/α,β-unsaturated/α-hetero) is 1. The number of hydrogen-bond acceptors (Lipinski definition) is 7. The molecule has 2 N–H and O–H groups in total. The summed E-state index contributed by atoms with van der Waals surface area (Å²) in [4.78, 5) is 30.8. The first-order chi connectivity index (χ1) is 15.9. The summed E-state index contributed by atoms with van der Waals surface area (Å²) in [5.41, 5.74) is 0.480. The number of rotatable bonds is 2. The monoisotopic (exact) mass is 491 g/mol. The maximum Gasteiger partial charge on any atom is 0.311 e. The molecule has 34 heavy (non-hydrogen) atoms. The average molecular weight is 492 g/mol. The predicted molar refractivity (Wildman–Crippen MR) is 136 cm³/mol. The number of thiazole rings is 1. The van der Waals surface area contributed by atoms with E-state index in [1.165, 1.54) is 0 Å². The number of carbonyl (C=O) groups excluding carboxylic acids is 2. The van der Waals surface area contributed by atoms with E-state index in [1.54, 1.807) is 39.0 Å². The van der Waals surface area contributed by atoms with E-state index in [0.29, 0.717) is 6.42 Å². The van der Waals surface area contributed by atoms with Gasteiger partial charge in [-0.15, -0.1) is 11.3 Å². The van der Waals surface area contributed by atoms with Gasteiger partial charge in [0, 0.05) is 17.7 Å². The smallest absolute Gasteiger partial charge is 0.311 e. The molecule has 6 nitrogen and oxygen atoms in total. The highest BCUT2D eigenvalue weighted by Crippen LogP contribution is 2.34. The van der Waals surface area contributed by atoms with E-state index in [9.17, 15) is 19.8 Å². The Hall–Kier alpha value is -1.83. The summed E-state index contributed by atoms with van der Waals surface area (Å²) in [5, 5.41) is 24.7. The van der Waals surface area contributed by atoms with Crippen molar-refractivity contribution >= 4 is 29.2 Å². The molecule has 1 aromatic heterocycles. The topological polar surface area (TPSA) is 96.7 Å². The van der Waals surface area contributed by atoms with E-state index in [2.05, 4.69) is 11.1 Å². The largest absolute Gasteiger partial charge is 0.457 e. The predicted octanol–water partition coefficient (Wildman–Crippen LogP) is 5.12. The number of nitrogens with zero attached hydrogens (tertiary/aromatic N) is 1. The van der Waals surface area contributed by atoms with Gasteiger partial charge in [0.1, 0.15) is 11.9 Å². The molecule has 1 aromatic rings. The maximum absolute atomic E-state index is 13.3. The van der Waals surface area contributed by atoms with Gasteiger partial charge in [0.2, 0.25) is 0 Å². The molecule has 0 saturated heterocycles. The van der Waals surface area contributed by atoms with Crippen LogP contribution in [0.3, 0.4) is 0 Å². The van der Waals surface area contributed by atoms with Crippen LogP contribution < -0.4 is 0 Å². The summed E-state index contributed by atoms with van der Waals surface area (Å²) in [5.74, 6) is -2.41. The first-order valence-corrected chi connectivity index (χ1v) is 13.1. The van der Waals surface area contributed by atoms with Gasteiger partial charge >= 0.3 is 5.97 Å². The molecule has 0 aliphatic carbocycles. The lowest BCUT2D eigenvalue weighted by Gasteiger charge is -2.36. The van der Waals surface area contributed by atoms with Crippen molar-refractivity contribution in [1.29, 1.82) is 0 Å². The summed E-state index contributed by atoms with van der Waals surface area (Å²) in [6, 6.07) is 0. The van der Waals surface area contributed by atoms with Crippen LogP contribution in [0.4, 0.5) is 0 Å². The van der Waals surface area contributed by atoms with Crippen molar-refractivity contribution < 1.29 is 24.5 Å². The Morgan fingerprint density at radius 1 is 1.18 bits per heavy atom. The number of aliphatic hydroxyl groups is 2.